The highest BCUT2D eigenvalue weighted by Gasteiger charge is 2.38. The molecular weight excluding hydrogens is 288 g/mol. The molecule has 0 aromatic rings. The van der Waals surface area contributed by atoms with E-state index in [0.29, 0.717) is 4.48 Å². The summed E-state index contributed by atoms with van der Waals surface area (Å²) in [6, 6.07) is 0. The average Bonchev–Trinajstić information content (AvgIpc) is 2.91. The fraction of sp³-hybridized carbons (Fsp3) is 0.895. The third kappa shape index (κ3) is 7.47. The van der Waals surface area contributed by atoms with Gasteiger partial charge in [0.15, 0.2) is 12.4 Å². The maximum atomic E-state index is 11.1. The molecule has 0 aliphatic carbocycles. The number of carbonyl (C=O) groups is 1. The Kier molecular flexibility index (Phi) is 10.2. The Labute approximate surface area is 142 Å². The van der Waals surface area contributed by atoms with Crippen molar-refractivity contribution in [2.45, 2.75) is 84.5 Å². The first-order valence-electron chi connectivity index (χ1n) is 9.76. The van der Waals surface area contributed by atoms with Crippen LogP contribution in [0, 0.1) is 0 Å². The maximum absolute atomic E-state index is 11.1. The van der Waals surface area contributed by atoms with Crippen molar-refractivity contribution in [2.75, 3.05) is 26.2 Å². The minimum absolute atomic E-state index is 0.201. The van der Waals surface area contributed by atoms with E-state index < -0.39 is 5.97 Å². The minimum Gasteiger partial charge on any atom is -0.477 e. The van der Waals surface area contributed by atoms with E-state index in [2.05, 4.69) is 18.8 Å². The van der Waals surface area contributed by atoms with Gasteiger partial charge in [-0.05, 0) is 13.3 Å². The van der Waals surface area contributed by atoms with Crippen molar-refractivity contribution >= 4 is 11.8 Å². The SMILES string of the molecule is CCCCCCCCCCCCC1=NCC[N+]1(CC)CC(=O)O. The molecule has 1 heterocycles. The summed E-state index contributed by atoms with van der Waals surface area (Å²) in [5.41, 5.74) is 0. The fourth-order valence-corrected chi connectivity index (χ4v) is 3.62. The summed E-state index contributed by atoms with van der Waals surface area (Å²) in [6.07, 6.45) is 14.3. The zero-order valence-corrected chi connectivity index (χ0v) is 15.4. The molecule has 0 spiro atoms. The van der Waals surface area contributed by atoms with E-state index >= 15 is 0 Å². The Morgan fingerprint density at radius 3 is 2.09 bits per heavy atom. The predicted octanol–water partition coefficient (Wildman–Crippen LogP) is 4.63. The van der Waals surface area contributed by atoms with Crippen molar-refractivity contribution in [1.29, 1.82) is 0 Å². The zero-order valence-electron chi connectivity index (χ0n) is 15.4. The lowest BCUT2D eigenvalue weighted by atomic mass is 10.1. The van der Waals surface area contributed by atoms with Gasteiger partial charge in [0.1, 0.15) is 6.54 Å². The van der Waals surface area contributed by atoms with Gasteiger partial charge in [0.05, 0.1) is 13.1 Å². The molecule has 1 atom stereocenters. The topological polar surface area (TPSA) is 49.7 Å². The summed E-state index contributed by atoms with van der Waals surface area (Å²) in [7, 11) is 0. The average molecular weight is 326 g/mol. The van der Waals surface area contributed by atoms with Crippen molar-refractivity contribution in [1.82, 2.24) is 0 Å². The quantitative estimate of drug-likeness (QED) is 0.374. The van der Waals surface area contributed by atoms with Crippen molar-refractivity contribution in [3.8, 4) is 0 Å². The molecule has 0 saturated carbocycles. The molecule has 1 rings (SSSR count). The third-order valence-corrected chi connectivity index (χ3v) is 5.17. The molecule has 0 radical (unpaired) electrons. The number of amidine groups is 1. The monoisotopic (exact) mass is 325 g/mol. The Morgan fingerprint density at radius 2 is 1.57 bits per heavy atom. The smallest absolute Gasteiger partial charge is 0.359 e. The second kappa shape index (κ2) is 11.6. The van der Waals surface area contributed by atoms with Gasteiger partial charge in [-0.1, -0.05) is 64.7 Å². The summed E-state index contributed by atoms with van der Waals surface area (Å²) in [6.45, 7) is 7.07. The minimum atomic E-state index is -0.704. The molecule has 0 bridgehead atoms. The number of quaternary nitrogens is 1. The number of likely N-dealkylation sites (N-methyl/N-ethyl adjacent to an activating group) is 1. The number of hydrogen-bond acceptors (Lipinski definition) is 2. The Balaban J connectivity index is 2.11. The molecule has 1 unspecified atom stereocenters. The number of nitrogens with zero attached hydrogens (tertiary/aromatic N) is 2. The molecular formula is C19H37N2O2+. The first-order valence-corrected chi connectivity index (χ1v) is 9.76. The van der Waals surface area contributed by atoms with E-state index in [1.54, 1.807) is 0 Å². The van der Waals surface area contributed by atoms with E-state index in [1.807, 2.05) is 0 Å². The van der Waals surface area contributed by atoms with Crippen LogP contribution in [0.5, 0.6) is 0 Å². The Morgan fingerprint density at radius 1 is 1.00 bits per heavy atom. The molecule has 4 heteroatoms. The highest BCUT2D eigenvalue weighted by Crippen LogP contribution is 2.20. The summed E-state index contributed by atoms with van der Waals surface area (Å²) >= 11 is 0. The lowest BCUT2D eigenvalue weighted by Gasteiger charge is -2.31. The highest BCUT2D eigenvalue weighted by atomic mass is 16.4. The molecule has 23 heavy (non-hydrogen) atoms. The molecule has 1 aliphatic rings. The summed E-state index contributed by atoms with van der Waals surface area (Å²) < 4.78 is 0.590. The van der Waals surface area contributed by atoms with Crippen LogP contribution in [-0.2, 0) is 4.79 Å². The molecule has 1 aliphatic heterocycles. The zero-order chi connectivity index (χ0) is 17.0. The van der Waals surface area contributed by atoms with Gasteiger partial charge in [-0.3, -0.25) is 4.48 Å². The number of unbranched alkanes of at least 4 members (excludes halogenated alkanes) is 9. The summed E-state index contributed by atoms with van der Waals surface area (Å²) in [4.78, 5) is 15.8. The van der Waals surface area contributed by atoms with E-state index in [-0.39, 0.29) is 6.54 Å². The molecule has 0 saturated heterocycles. The van der Waals surface area contributed by atoms with Crippen LogP contribution in [0.15, 0.2) is 4.99 Å². The molecule has 0 amide bonds. The van der Waals surface area contributed by atoms with Gasteiger partial charge in [-0.2, -0.15) is 0 Å². The fourth-order valence-electron chi connectivity index (χ4n) is 3.62. The van der Waals surface area contributed by atoms with Gasteiger partial charge >= 0.3 is 5.97 Å². The number of aliphatic carboxylic acids is 1. The number of rotatable bonds is 14. The maximum Gasteiger partial charge on any atom is 0.359 e. The standard InChI is InChI=1S/C19H36N2O2/c1-3-5-6-7-8-9-10-11-12-13-14-18-20-15-16-21(18,4-2)17-19(22)23/h3-17H2,1-2H3/p+1. The van der Waals surface area contributed by atoms with Crippen LogP contribution in [0.3, 0.4) is 0 Å². The molecule has 0 aromatic carbocycles. The first-order chi connectivity index (χ1) is 11.1. The predicted molar refractivity (Wildman–Crippen MR) is 96.9 cm³/mol. The van der Waals surface area contributed by atoms with Crippen LogP contribution in [-0.4, -0.2) is 47.6 Å². The van der Waals surface area contributed by atoms with E-state index in [4.69, 9.17) is 5.11 Å². The van der Waals surface area contributed by atoms with Gasteiger partial charge in [-0.15, -0.1) is 0 Å². The van der Waals surface area contributed by atoms with Gasteiger partial charge in [0.25, 0.3) is 0 Å². The van der Waals surface area contributed by atoms with E-state index in [0.717, 1.165) is 38.3 Å². The molecule has 4 nitrogen and oxygen atoms in total. The van der Waals surface area contributed by atoms with Crippen LogP contribution in [0.2, 0.25) is 0 Å². The number of aliphatic imine (C=N–C) groups is 1. The van der Waals surface area contributed by atoms with Crippen molar-refractivity contribution < 1.29 is 14.4 Å². The van der Waals surface area contributed by atoms with Crippen molar-refractivity contribution in [2.24, 2.45) is 4.99 Å². The van der Waals surface area contributed by atoms with E-state index in [1.165, 1.54) is 57.8 Å². The van der Waals surface area contributed by atoms with E-state index in [9.17, 15) is 4.79 Å². The summed E-state index contributed by atoms with van der Waals surface area (Å²) in [5.74, 6) is 0.430. The number of carboxylic acid groups (broad SMARTS) is 1. The van der Waals surface area contributed by atoms with Crippen LogP contribution >= 0.6 is 0 Å². The van der Waals surface area contributed by atoms with Crippen LogP contribution < -0.4 is 0 Å². The summed E-state index contributed by atoms with van der Waals surface area (Å²) in [5, 5.41) is 9.16. The molecule has 0 fully saturated rings. The first kappa shape index (κ1) is 20.1. The number of hydrogen-bond donors (Lipinski definition) is 1. The lowest BCUT2D eigenvalue weighted by molar-refractivity contribution is -0.826. The molecule has 0 aromatic heterocycles. The second-order valence-electron chi connectivity index (χ2n) is 6.97. The van der Waals surface area contributed by atoms with Gasteiger partial charge < -0.3 is 5.11 Å². The van der Waals surface area contributed by atoms with Gasteiger partial charge in [0.2, 0.25) is 0 Å². The lowest BCUT2D eigenvalue weighted by Crippen LogP contribution is -2.53. The van der Waals surface area contributed by atoms with Crippen LogP contribution in [0.25, 0.3) is 0 Å². The third-order valence-electron chi connectivity index (χ3n) is 5.17. The molecule has 1 N–H and O–H groups in total. The van der Waals surface area contributed by atoms with Crippen molar-refractivity contribution in [3.05, 3.63) is 0 Å². The van der Waals surface area contributed by atoms with Crippen LogP contribution in [0.4, 0.5) is 0 Å². The van der Waals surface area contributed by atoms with Gasteiger partial charge in [0, 0.05) is 6.42 Å². The van der Waals surface area contributed by atoms with Crippen LogP contribution in [0.1, 0.15) is 84.5 Å². The second-order valence-corrected chi connectivity index (χ2v) is 6.97. The largest absolute Gasteiger partial charge is 0.477 e. The molecule has 134 valence electrons. The van der Waals surface area contributed by atoms with Gasteiger partial charge in [-0.25, -0.2) is 9.79 Å². The normalized spacial score (nSPS) is 20.7. The van der Waals surface area contributed by atoms with Crippen molar-refractivity contribution in [3.63, 3.8) is 0 Å². The Bertz CT molecular complexity index is 368. The highest BCUT2D eigenvalue weighted by molar-refractivity contribution is 5.80. The number of carboxylic acids is 1. The Hall–Kier alpha value is -0.900.